The number of hydrogen-bond donors (Lipinski definition) is 1. The number of phenolic OH excluding ortho intramolecular Hbond substituents is 1. The van der Waals surface area contributed by atoms with Crippen molar-refractivity contribution >= 4 is 5.97 Å². The predicted octanol–water partition coefficient (Wildman–Crippen LogP) is 3.90. The van der Waals surface area contributed by atoms with Crippen LogP contribution in [0.5, 0.6) is 5.75 Å². The normalized spacial score (nSPS) is 11.5. The van der Waals surface area contributed by atoms with E-state index in [9.17, 15) is 9.90 Å². The molecule has 0 aliphatic heterocycles. The number of ether oxygens (including phenoxy) is 2. The summed E-state index contributed by atoms with van der Waals surface area (Å²) in [5.74, 6) is 0.130. The van der Waals surface area contributed by atoms with Crippen molar-refractivity contribution in [2.24, 2.45) is 0 Å². The lowest BCUT2D eigenvalue weighted by Crippen LogP contribution is -2.14. The lowest BCUT2D eigenvalue weighted by molar-refractivity contribution is -0.145. The summed E-state index contributed by atoms with van der Waals surface area (Å²) >= 11 is 0. The van der Waals surface area contributed by atoms with Crippen molar-refractivity contribution in [3.63, 3.8) is 0 Å². The molecule has 0 fully saturated rings. The zero-order chi connectivity index (χ0) is 17.5. The third kappa shape index (κ3) is 6.61. The first-order valence-corrected chi connectivity index (χ1v) is 8.32. The van der Waals surface area contributed by atoms with Crippen LogP contribution in [0, 0.1) is 6.92 Å². The zero-order valence-electron chi connectivity index (χ0n) is 15.1. The van der Waals surface area contributed by atoms with Crippen LogP contribution in [0.15, 0.2) is 12.1 Å². The van der Waals surface area contributed by atoms with E-state index in [1.54, 1.807) is 0 Å². The Kier molecular flexibility index (Phi) is 7.56. The van der Waals surface area contributed by atoms with Crippen molar-refractivity contribution in [2.75, 3.05) is 19.8 Å². The number of hydrogen-bond acceptors (Lipinski definition) is 4. The summed E-state index contributed by atoms with van der Waals surface area (Å²) in [4.78, 5) is 11.8. The van der Waals surface area contributed by atoms with Gasteiger partial charge in [0.15, 0.2) is 0 Å². The molecule has 4 nitrogen and oxygen atoms in total. The summed E-state index contributed by atoms with van der Waals surface area (Å²) in [6.07, 6.45) is 1.91. The van der Waals surface area contributed by atoms with Crippen molar-refractivity contribution in [3.05, 3.63) is 28.8 Å². The van der Waals surface area contributed by atoms with E-state index in [4.69, 9.17) is 9.47 Å². The third-order valence-corrected chi connectivity index (χ3v) is 3.63. The monoisotopic (exact) mass is 322 g/mol. The van der Waals surface area contributed by atoms with Gasteiger partial charge in [0.05, 0.1) is 6.61 Å². The molecule has 0 aromatic heterocycles. The number of aryl methyl sites for hydroxylation is 2. The Labute approximate surface area is 139 Å². The molecule has 0 spiro atoms. The summed E-state index contributed by atoms with van der Waals surface area (Å²) in [6.45, 7) is 11.6. The van der Waals surface area contributed by atoms with Crippen LogP contribution in [-0.2, 0) is 26.1 Å². The number of rotatable bonds is 8. The van der Waals surface area contributed by atoms with Gasteiger partial charge in [-0.15, -0.1) is 0 Å². The summed E-state index contributed by atoms with van der Waals surface area (Å²) in [5.41, 5.74) is 2.66. The zero-order valence-corrected chi connectivity index (χ0v) is 15.1. The Bertz CT molecular complexity index is 515. The van der Waals surface area contributed by atoms with Gasteiger partial charge in [0.2, 0.25) is 0 Å². The molecule has 1 rings (SSSR count). The van der Waals surface area contributed by atoms with Crippen molar-refractivity contribution < 1.29 is 19.4 Å². The minimum absolute atomic E-state index is 0.137. The minimum atomic E-state index is -0.215. The van der Waals surface area contributed by atoms with E-state index >= 15 is 0 Å². The quantitative estimate of drug-likeness (QED) is 0.582. The molecule has 0 atom stereocenters. The van der Waals surface area contributed by atoms with Gasteiger partial charge in [-0.3, -0.25) is 4.79 Å². The summed E-state index contributed by atoms with van der Waals surface area (Å²) in [5, 5.41) is 10.2. The Morgan fingerprint density at radius 3 is 2.48 bits per heavy atom. The Balaban J connectivity index is 2.55. The number of phenols is 1. The largest absolute Gasteiger partial charge is 0.507 e. The van der Waals surface area contributed by atoms with E-state index in [0.29, 0.717) is 38.4 Å². The van der Waals surface area contributed by atoms with Crippen LogP contribution in [0.25, 0.3) is 0 Å². The maximum atomic E-state index is 11.8. The molecule has 4 heteroatoms. The first kappa shape index (κ1) is 19.5. The highest BCUT2D eigenvalue weighted by Crippen LogP contribution is 2.34. The van der Waals surface area contributed by atoms with E-state index in [1.165, 1.54) is 0 Å². The number of carbonyl (C=O) groups is 1. The van der Waals surface area contributed by atoms with Crippen LogP contribution in [0.1, 0.15) is 57.2 Å². The topological polar surface area (TPSA) is 55.8 Å². The van der Waals surface area contributed by atoms with E-state index in [1.807, 2.05) is 26.0 Å². The number of benzene rings is 1. The molecule has 0 aliphatic rings. The highest BCUT2D eigenvalue weighted by molar-refractivity contribution is 5.69. The van der Waals surface area contributed by atoms with Crippen molar-refractivity contribution in [3.8, 4) is 5.75 Å². The highest BCUT2D eigenvalue weighted by Gasteiger charge is 2.20. The molecule has 1 aromatic rings. The van der Waals surface area contributed by atoms with Gasteiger partial charge in [0, 0.05) is 13.0 Å². The van der Waals surface area contributed by atoms with Crippen molar-refractivity contribution in [1.29, 1.82) is 0 Å². The predicted molar refractivity (Wildman–Crippen MR) is 91.9 cm³/mol. The Morgan fingerprint density at radius 2 is 1.87 bits per heavy atom. The fourth-order valence-corrected chi connectivity index (χ4v) is 2.35. The van der Waals surface area contributed by atoms with Crippen LogP contribution >= 0.6 is 0 Å². The van der Waals surface area contributed by atoms with Gasteiger partial charge < -0.3 is 14.6 Å². The minimum Gasteiger partial charge on any atom is -0.507 e. The second-order valence-electron chi connectivity index (χ2n) is 6.89. The SMILES string of the molecule is CCCOCCOC(=O)CCc1cc(C)c(O)c(C(C)(C)C)c1. The van der Waals surface area contributed by atoms with Gasteiger partial charge in [-0.25, -0.2) is 0 Å². The second kappa shape index (κ2) is 8.92. The molecule has 23 heavy (non-hydrogen) atoms. The molecule has 0 bridgehead atoms. The van der Waals surface area contributed by atoms with Gasteiger partial charge in [-0.1, -0.05) is 39.8 Å². The molecule has 0 heterocycles. The molecular weight excluding hydrogens is 292 g/mol. The van der Waals surface area contributed by atoms with E-state index in [-0.39, 0.29) is 11.4 Å². The summed E-state index contributed by atoms with van der Waals surface area (Å²) < 4.78 is 10.4. The average molecular weight is 322 g/mol. The van der Waals surface area contributed by atoms with Crippen LogP contribution in [-0.4, -0.2) is 30.9 Å². The molecule has 0 radical (unpaired) electrons. The van der Waals surface area contributed by atoms with Gasteiger partial charge in [0.25, 0.3) is 0 Å². The lowest BCUT2D eigenvalue weighted by Gasteiger charge is -2.22. The van der Waals surface area contributed by atoms with E-state index in [2.05, 4.69) is 20.8 Å². The molecule has 0 saturated carbocycles. The van der Waals surface area contributed by atoms with Crippen LogP contribution in [0.3, 0.4) is 0 Å². The standard InChI is InChI=1S/C19H30O4/c1-6-9-22-10-11-23-17(20)8-7-15-12-14(2)18(21)16(13-15)19(3,4)5/h12-13,21H,6-11H2,1-5H3. The fourth-order valence-electron chi connectivity index (χ4n) is 2.35. The van der Waals surface area contributed by atoms with Crippen molar-refractivity contribution in [1.82, 2.24) is 0 Å². The molecular formula is C19H30O4. The second-order valence-corrected chi connectivity index (χ2v) is 6.89. The Morgan fingerprint density at radius 1 is 1.17 bits per heavy atom. The highest BCUT2D eigenvalue weighted by atomic mass is 16.6. The van der Waals surface area contributed by atoms with E-state index in [0.717, 1.165) is 23.1 Å². The third-order valence-electron chi connectivity index (χ3n) is 3.63. The molecule has 0 unspecified atom stereocenters. The summed E-state index contributed by atoms with van der Waals surface area (Å²) in [6, 6.07) is 3.92. The maximum absolute atomic E-state index is 11.8. The number of esters is 1. The van der Waals surface area contributed by atoms with Gasteiger partial charge in [-0.05, 0) is 41.9 Å². The molecule has 0 aliphatic carbocycles. The first-order valence-electron chi connectivity index (χ1n) is 8.32. The molecule has 1 aromatic carbocycles. The molecule has 1 N–H and O–H groups in total. The van der Waals surface area contributed by atoms with Crippen LogP contribution < -0.4 is 0 Å². The van der Waals surface area contributed by atoms with E-state index < -0.39 is 0 Å². The van der Waals surface area contributed by atoms with Gasteiger partial charge in [0.1, 0.15) is 12.4 Å². The first-order chi connectivity index (χ1) is 10.8. The van der Waals surface area contributed by atoms with Crippen LogP contribution in [0.4, 0.5) is 0 Å². The smallest absolute Gasteiger partial charge is 0.306 e. The van der Waals surface area contributed by atoms with Gasteiger partial charge in [-0.2, -0.15) is 0 Å². The number of carbonyl (C=O) groups excluding carboxylic acids is 1. The molecule has 0 amide bonds. The fraction of sp³-hybridized carbons (Fsp3) is 0.632. The van der Waals surface area contributed by atoms with Crippen molar-refractivity contribution in [2.45, 2.75) is 59.3 Å². The summed E-state index contributed by atoms with van der Waals surface area (Å²) in [7, 11) is 0. The molecule has 130 valence electrons. The maximum Gasteiger partial charge on any atom is 0.306 e. The lowest BCUT2D eigenvalue weighted by atomic mass is 9.83. The Hall–Kier alpha value is -1.55. The number of aromatic hydroxyl groups is 1. The van der Waals surface area contributed by atoms with Gasteiger partial charge >= 0.3 is 5.97 Å². The average Bonchev–Trinajstić information content (AvgIpc) is 2.47. The van der Waals surface area contributed by atoms with Crippen LogP contribution in [0.2, 0.25) is 0 Å². The molecule has 0 saturated heterocycles.